The molecular formula is C16H22N4O2S. The lowest BCUT2D eigenvalue weighted by atomic mass is 9.94. The number of nitrogens with zero attached hydrogens (tertiary/aromatic N) is 3. The number of sulfonamides is 1. The standard InChI is InChI=1S/C16H22N4O2S/c1-11-6-14-15(7-12(11)2)18-10-19-16(14)20-8-13(9-20)4-3-5-23(17,21)22/h6-7,10,13H,3-5,8-9H2,1-2H3,(H2,17,21,22). The van der Waals surface area contributed by atoms with Crippen LogP contribution in [0.15, 0.2) is 18.5 Å². The van der Waals surface area contributed by atoms with Gasteiger partial charge in [-0.1, -0.05) is 0 Å². The van der Waals surface area contributed by atoms with Crippen molar-refractivity contribution in [1.29, 1.82) is 0 Å². The first-order valence-electron chi connectivity index (χ1n) is 7.81. The zero-order valence-corrected chi connectivity index (χ0v) is 14.3. The molecule has 0 spiro atoms. The van der Waals surface area contributed by atoms with Crippen molar-refractivity contribution in [1.82, 2.24) is 9.97 Å². The second-order valence-corrected chi connectivity index (χ2v) is 8.17. The van der Waals surface area contributed by atoms with E-state index in [1.807, 2.05) is 0 Å². The molecule has 0 bridgehead atoms. The Hall–Kier alpha value is -1.73. The highest BCUT2D eigenvalue weighted by molar-refractivity contribution is 7.89. The lowest BCUT2D eigenvalue weighted by Crippen LogP contribution is -2.47. The fourth-order valence-electron chi connectivity index (χ4n) is 3.05. The van der Waals surface area contributed by atoms with Crippen molar-refractivity contribution in [3.8, 4) is 0 Å². The summed E-state index contributed by atoms with van der Waals surface area (Å²) in [5, 5.41) is 6.11. The average molecular weight is 334 g/mol. The average Bonchev–Trinajstić information content (AvgIpc) is 2.41. The number of fused-ring (bicyclic) bond motifs is 1. The van der Waals surface area contributed by atoms with E-state index in [4.69, 9.17) is 5.14 Å². The smallest absolute Gasteiger partial charge is 0.209 e. The predicted octanol–water partition coefficient (Wildman–Crippen LogP) is 1.75. The van der Waals surface area contributed by atoms with Gasteiger partial charge in [-0.05, 0) is 55.9 Å². The van der Waals surface area contributed by atoms with Crippen molar-refractivity contribution in [3.05, 3.63) is 29.6 Å². The molecule has 1 aromatic carbocycles. The summed E-state index contributed by atoms with van der Waals surface area (Å²) in [5.74, 6) is 1.55. The van der Waals surface area contributed by atoms with Gasteiger partial charge in [-0.3, -0.25) is 0 Å². The van der Waals surface area contributed by atoms with Crippen LogP contribution in [0.3, 0.4) is 0 Å². The summed E-state index contributed by atoms with van der Waals surface area (Å²) < 4.78 is 21.9. The Kier molecular flexibility index (Phi) is 4.25. The molecule has 0 amide bonds. The van der Waals surface area contributed by atoms with Gasteiger partial charge in [0.15, 0.2) is 0 Å². The molecule has 0 saturated carbocycles. The lowest BCUT2D eigenvalue weighted by Gasteiger charge is -2.40. The number of hydrogen-bond donors (Lipinski definition) is 1. The Bertz CT molecular complexity index is 829. The van der Waals surface area contributed by atoms with E-state index in [1.165, 1.54) is 11.1 Å². The van der Waals surface area contributed by atoms with E-state index in [9.17, 15) is 8.42 Å². The number of rotatable bonds is 5. The number of aromatic nitrogens is 2. The van der Waals surface area contributed by atoms with Crippen molar-refractivity contribution in [3.63, 3.8) is 0 Å². The van der Waals surface area contributed by atoms with Crippen LogP contribution < -0.4 is 10.0 Å². The molecule has 2 aromatic rings. The van der Waals surface area contributed by atoms with Gasteiger partial charge < -0.3 is 4.90 Å². The number of hydrogen-bond acceptors (Lipinski definition) is 5. The molecule has 2 N–H and O–H groups in total. The number of benzene rings is 1. The summed E-state index contributed by atoms with van der Waals surface area (Å²) in [6.07, 6.45) is 3.12. The maximum Gasteiger partial charge on any atom is 0.209 e. The van der Waals surface area contributed by atoms with Crippen molar-refractivity contribution < 1.29 is 8.42 Å². The van der Waals surface area contributed by atoms with Gasteiger partial charge in [0, 0.05) is 18.5 Å². The first-order chi connectivity index (χ1) is 10.8. The van der Waals surface area contributed by atoms with Crippen molar-refractivity contribution in [2.24, 2.45) is 11.1 Å². The highest BCUT2D eigenvalue weighted by atomic mass is 32.2. The van der Waals surface area contributed by atoms with Gasteiger partial charge in [-0.25, -0.2) is 23.5 Å². The molecule has 23 heavy (non-hydrogen) atoms. The van der Waals surface area contributed by atoms with Crippen molar-refractivity contribution in [2.45, 2.75) is 26.7 Å². The fraction of sp³-hybridized carbons (Fsp3) is 0.500. The monoisotopic (exact) mass is 334 g/mol. The van der Waals surface area contributed by atoms with Gasteiger partial charge in [-0.15, -0.1) is 0 Å². The maximum absolute atomic E-state index is 11.0. The predicted molar refractivity (Wildman–Crippen MR) is 91.9 cm³/mol. The third-order valence-corrected chi connectivity index (χ3v) is 5.39. The molecule has 1 fully saturated rings. The Labute approximate surface area is 136 Å². The van der Waals surface area contributed by atoms with E-state index in [1.54, 1.807) is 6.33 Å². The van der Waals surface area contributed by atoms with Gasteiger partial charge in [0.2, 0.25) is 10.0 Å². The molecule has 0 aliphatic carbocycles. The summed E-state index contributed by atoms with van der Waals surface area (Å²) in [7, 11) is -3.34. The van der Waals surface area contributed by atoms with Gasteiger partial charge in [-0.2, -0.15) is 0 Å². The van der Waals surface area contributed by atoms with Crippen LogP contribution in [0.1, 0.15) is 24.0 Å². The number of aryl methyl sites for hydroxylation is 2. The summed E-state index contributed by atoms with van der Waals surface area (Å²) in [4.78, 5) is 11.1. The Morgan fingerprint density at radius 2 is 1.91 bits per heavy atom. The minimum absolute atomic E-state index is 0.0679. The van der Waals surface area contributed by atoms with Crippen LogP contribution in [0, 0.1) is 19.8 Å². The van der Waals surface area contributed by atoms with Crippen LogP contribution in [0.2, 0.25) is 0 Å². The van der Waals surface area contributed by atoms with E-state index >= 15 is 0 Å². The Morgan fingerprint density at radius 3 is 2.61 bits per heavy atom. The van der Waals surface area contributed by atoms with Gasteiger partial charge in [0.25, 0.3) is 0 Å². The molecule has 1 aliphatic heterocycles. The van der Waals surface area contributed by atoms with Crippen molar-refractivity contribution >= 4 is 26.7 Å². The van der Waals surface area contributed by atoms with Gasteiger partial charge >= 0.3 is 0 Å². The molecule has 6 nitrogen and oxygen atoms in total. The maximum atomic E-state index is 11.0. The molecule has 2 heterocycles. The van der Waals surface area contributed by atoms with Crippen molar-refractivity contribution in [2.75, 3.05) is 23.7 Å². The molecule has 0 atom stereocenters. The zero-order chi connectivity index (χ0) is 16.6. The summed E-state index contributed by atoms with van der Waals surface area (Å²) >= 11 is 0. The topological polar surface area (TPSA) is 89.2 Å². The first-order valence-corrected chi connectivity index (χ1v) is 9.52. The van der Waals surface area contributed by atoms with Gasteiger partial charge in [0.05, 0.1) is 11.3 Å². The molecule has 0 unspecified atom stereocenters. The molecule has 7 heteroatoms. The molecule has 1 aromatic heterocycles. The van der Waals surface area contributed by atoms with E-state index in [2.05, 4.69) is 40.8 Å². The van der Waals surface area contributed by atoms with Crippen LogP contribution in [0.25, 0.3) is 10.9 Å². The molecule has 1 saturated heterocycles. The SMILES string of the molecule is Cc1cc2ncnc(N3CC(CCCS(N)(=O)=O)C3)c2cc1C. The number of primary sulfonamides is 1. The first kappa shape index (κ1) is 16.1. The molecule has 1 aliphatic rings. The normalized spacial score (nSPS) is 15.9. The quantitative estimate of drug-likeness (QED) is 0.900. The Balaban J connectivity index is 1.68. The van der Waals surface area contributed by atoms with Crippen LogP contribution in [-0.4, -0.2) is 37.2 Å². The van der Waals surface area contributed by atoms with Crippen LogP contribution >= 0.6 is 0 Å². The largest absolute Gasteiger partial charge is 0.355 e. The summed E-state index contributed by atoms with van der Waals surface area (Å²) in [6.45, 7) is 5.99. The van der Waals surface area contributed by atoms with Crippen LogP contribution in [0.5, 0.6) is 0 Å². The molecule has 124 valence electrons. The van der Waals surface area contributed by atoms with Crippen LogP contribution in [0.4, 0.5) is 5.82 Å². The zero-order valence-electron chi connectivity index (χ0n) is 13.5. The second-order valence-electron chi connectivity index (χ2n) is 6.43. The summed E-state index contributed by atoms with van der Waals surface area (Å²) in [6, 6.07) is 4.24. The lowest BCUT2D eigenvalue weighted by molar-refractivity contribution is 0.379. The number of nitrogens with two attached hydrogens (primary N) is 1. The third kappa shape index (κ3) is 3.61. The van der Waals surface area contributed by atoms with E-state index in [0.29, 0.717) is 12.3 Å². The number of anilines is 1. The second kappa shape index (κ2) is 6.05. The minimum Gasteiger partial charge on any atom is -0.355 e. The highest BCUT2D eigenvalue weighted by Gasteiger charge is 2.28. The molecule has 3 rings (SSSR count). The van der Waals surface area contributed by atoms with Gasteiger partial charge in [0.1, 0.15) is 12.1 Å². The Morgan fingerprint density at radius 1 is 1.22 bits per heavy atom. The fourth-order valence-corrected chi connectivity index (χ4v) is 3.62. The summed E-state index contributed by atoms with van der Waals surface area (Å²) in [5.41, 5.74) is 3.43. The van der Waals surface area contributed by atoms with E-state index in [-0.39, 0.29) is 5.75 Å². The van der Waals surface area contributed by atoms with Crippen LogP contribution in [-0.2, 0) is 10.0 Å². The molecular weight excluding hydrogens is 312 g/mol. The minimum atomic E-state index is -3.34. The molecule has 0 radical (unpaired) electrons. The van der Waals surface area contributed by atoms with E-state index in [0.717, 1.165) is 36.2 Å². The third-order valence-electron chi connectivity index (χ3n) is 4.53. The van der Waals surface area contributed by atoms with E-state index < -0.39 is 10.0 Å². The highest BCUT2D eigenvalue weighted by Crippen LogP contribution is 2.31.